The van der Waals surface area contributed by atoms with Gasteiger partial charge in [0.05, 0.1) is 12.6 Å². The topological polar surface area (TPSA) is 81.0 Å². The Bertz CT molecular complexity index is 853. The van der Waals surface area contributed by atoms with Crippen LogP contribution in [0.15, 0.2) is 30.5 Å². The number of esters is 1. The number of para-hydroxylation sites is 1. The van der Waals surface area contributed by atoms with Crippen molar-refractivity contribution in [1.29, 1.82) is 0 Å². The van der Waals surface area contributed by atoms with Gasteiger partial charge in [0.25, 0.3) is 0 Å². The second-order valence-corrected chi connectivity index (χ2v) is 6.68. The summed E-state index contributed by atoms with van der Waals surface area (Å²) in [5.74, 6) is -0.365. The van der Waals surface area contributed by atoms with Crippen LogP contribution in [0.25, 0.3) is 10.9 Å². The molecule has 126 valence electrons. The van der Waals surface area contributed by atoms with Crippen molar-refractivity contribution in [2.24, 2.45) is 5.73 Å². The summed E-state index contributed by atoms with van der Waals surface area (Å²) in [6.07, 6.45) is 3.40. The van der Waals surface area contributed by atoms with Crippen LogP contribution in [-0.2, 0) is 17.6 Å². The van der Waals surface area contributed by atoms with Crippen LogP contribution in [0.5, 0.6) is 0 Å². The lowest BCUT2D eigenvalue weighted by Gasteiger charge is -2.07. The normalized spacial score (nSPS) is 12.5. The van der Waals surface area contributed by atoms with Gasteiger partial charge in [-0.1, -0.05) is 25.1 Å². The summed E-state index contributed by atoms with van der Waals surface area (Å²) in [7, 11) is 0. The van der Waals surface area contributed by atoms with Crippen LogP contribution in [0.3, 0.4) is 0 Å². The second-order valence-electron chi connectivity index (χ2n) is 5.57. The first-order valence-electron chi connectivity index (χ1n) is 8.11. The summed E-state index contributed by atoms with van der Waals surface area (Å²) in [6.45, 7) is 4.14. The molecule has 0 unspecified atom stereocenters. The first kappa shape index (κ1) is 16.7. The number of carbonyl (C=O) groups is 1. The van der Waals surface area contributed by atoms with Gasteiger partial charge in [-0.05, 0) is 31.4 Å². The number of rotatable bonds is 6. The van der Waals surface area contributed by atoms with Gasteiger partial charge in [-0.3, -0.25) is 0 Å². The van der Waals surface area contributed by atoms with Crippen molar-refractivity contribution in [3.05, 3.63) is 51.6 Å². The first-order valence-corrected chi connectivity index (χ1v) is 8.93. The highest BCUT2D eigenvalue weighted by molar-refractivity contribution is 7.12. The minimum atomic E-state index is -0.365. The molecule has 2 aromatic heterocycles. The molecule has 5 nitrogen and oxygen atoms in total. The highest BCUT2D eigenvalue weighted by atomic mass is 32.1. The number of hydrogen-bond donors (Lipinski definition) is 2. The quantitative estimate of drug-likeness (QED) is 0.670. The predicted octanol–water partition coefficient (Wildman–Crippen LogP) is 3.61. The van der Waals surface area contributed by atoms with Crippen molar-refractivity contribution in [3.8, 4) is 0 Å². The van der Waals surface area contributed by atoms with Crippen molar-refractivity contribution in [1.82, 2.24) is 9.97 Å². The molecular formula is C18H21N3O2S. The van der Waals surface area contributed by atoms with Gasteiger partial charge in [0, 0.05) is 22.0 Å². The van der Waals surface area contributed by atoms with Crippen molar-refractivity contribution in [2.45, 2.75) is 32.7 Å². The molecule has 0 radical (unpaired) electrons. The van der Waals surface area contributed by atoms with E-state index in [0.717, 1.165) is 27.4 Å². The smallest absolute Gasteiger partial charge is 0.358 e. The van der Waals surface area contributed by atoms with Crippen LogP contribution in [0.1, 0.15) is 45.8 Å². The number of benzene rings is 1. The molecule has 0 saturated heterocycles. The monoisotopic (exact) mass is 343 g/mol. The van der Waals surface area contributed by atoms with Gasteiger partial charge in [0.2, 0.25) is 0 Å². The zero-order valence-corrected chi connectivity index (χ0v) is 14.7. The highest BCUT2D eigenvalue weighted by Crippen LogP contribution is 2.28. The van der Waals surface area contributed by atoms with Gasteiger partial charge in [-0.2, -0.15) is 0 Å². The Morgan fingerprint density at radius 3 is 2.92 bits per heavy atom. The van der Waals surface area contributed by atoms with Crippen LogP contribution in [0.2, 0.25) is 0 Å². The number of nitrogens with one attached hydrogen (secondary N) is 1. The third kappa shape index (κ3) is 3.20. The Morgan fingerprint density at radius 1 is 1.38 bits per heavy atom. The molecule has 3 aromatic rings. The average molecular weight is 343 g/mol. The van der Waals surface area contributed by atoms with E-state index in [1.165, 1.54) is 16.7 Å². The maximum atomic E-state index is 12.0. The Labute approximate surface area is 144 Å². The summed E-state index contributed by atoms with van der Waals surface area (Å²) < 4.78 is 5.09. The number of carbonyl (C=O) groups excluding carboxylic acids is 1. The van der Waals surface area contributed by atoms with Crippen molar-refractivity contribution in [3.63, 3.8) is 0 Å². The minimum Gasteiger partial charge on any atom is -0.461 e. The van der Waals surface area contributed by atoms with E-state index in [9.17, 15) is 4.79 Å². The third-order valence-electron chi connectivity index (χ3n) is 3.94. The van der Waals surface area contributed by atoms with Crippen molar-refractivity contribution >= 4 is 28.2 Å². The summed E-state index contributed by atoms with van der Waals surface area (Å²) >= 11 is 1.50. The van der Waals surface area contributed by atoms with E-state index < -0.39 is 0 Å². The molecule has 3 rings (SSSR count). The molecule has 0 aliphatic carbocycles. The molecule has 0 saturated carbocycles. The molecule has 24 heavy (non-hydrogen) atoms. The van der Waals surface area contributed by atoms with Crippen molar-refractivity contribution in [2.75, 3.05) is 6.61 Å². The van der Waals surface area contributed by atoms with Gasteiger partial charge < -0.3 is 15.5 Å². The van der Waals surface area contributed by atoms with E-state index in [-0.39, 0.29) is 12.0 Å². The maximum absolute atomic E-state index is 12.0. The SMILES string of the molecule is CCOC(=O)c1nc([C@H](N)Cc2c[nH]c3ccccc23)sc1CC. The molecule has 2 heterocycles. The van der Waals surface area contributed by atoms with Gasteiger partial charge in [0.1, 0.15) is 5.01 Å². The van der Waals surface area contributed by atoms with Gasteiger partial charge >= 0.3 is 5.97 Å². The fraction of sp³-hybridized carbons (Fsp3) is 0.333. The number of H-pyrrole nitrogens is 1. The predicted molar refractivity (Wildman–Crippen MR) is 96.4 cm³/mol. The standard InChI is InChI=1S/C18H21N3O2S/c1-3-15-16(18(22)23-4-2)21-17(24-15)13(19)9-11-10-20-14-8-6-5-7-12(11)14/h5-8,10,13,20H,3-4,9,19H2,1-2H3/t13-/m1/s1. The van der Waals surface area contributed by atoms with Crippen LogP contribution >= 0.6 is 11.3 Å². The number of fused-ring (bicyclic) bond motifs is 1. The van der Waals surface area contributed by atoms with Gasteiger partial charge in [-0.15, -0.1) is 11.3 Å². The van der Waals surface area contributed by atoms with E-state index in [1.807, 2.05) is 31.3 Å². The third-order valence-corrected chi connectivity index (χ3v) is 5.27. The molecule has 0 bridgehead atoms. The van der Waals surface area contributed by atoms with E-state index in [1.54, 1.807) is 6.92 Å². The van der Waals surface area contributed by atoms with Crippen molar-refractivity contribution < 1.29 is 9.53 Å². The number of thiazole rings is 1. The number of ether oxygens (including phenoxy) is 1. The Kier molecular flexibility index (Phi) is 4.97. The zero-order chi connectivity index (χ0) is 17.1. The van der Waals surface area contributed by atoms with E-state index >= 15 is 0 Å². The molecular weight excluding hydrogens is 322 g/mol. The molecule has 0 spiro atoms. The number of hydrogen-bond acceptors (Lipinski definition) is 5. The number of nitrogens with two attached hydrogens (primary N) is 1. The lowest BCUT2D eigenvalue weighted by Crippen LogP contribution is -2.14. The molecule has 1 aromatic carbocycles. The zero-order valence-electron chi connectivity index (χ0n) is 13.8. The fourth-order valence-electron chi connectivity index (χ4n) is 2.75. The molecule has 3 N–H and O–H groups in total. The minimum absolute atomic E-state index is 0.248. The fourth-order valence-corrected chi connectivity index (χ4v) is 3.75. The van der Waals surface area contributed by atoms with E-state index in [4.69, 9.17) is 10.5 Å². The lowest BCUT2D eigenvalue weighted by atomic mass is 10.1. The maximum Gasteiger partial charge on any atom is 0.358 e. The molecule has 1 atom stereocenters. The number of aromatic amines is 1. The Hall–Kier alpha value is -2.18. The van der Waals surface area contributed by atoms with E-state index in [0.29, 0.717) is 18.7 Å². The molecule has 6 heteroatoms. The van der Waals surface area contributed by atoms with Gasteiger partial charge in [0.15, 0.2) is 5.69 Å². The highest BCUT2D eigenvalue weighted by Gasteiger charge is 2.22. The average Bonchev–Trinajstić information content (AvgIpc) is 3.19. The number of nitrogens with zero attached hydrogens (tertiary/aromatic N) is 1. The lowest BCUT2D eigenvalue weighted by molar-refractivity contribution is 0.0519. The Balaban J connectivity index is 1.84. The van der Waals surface area contributed by atoms with Crippen LogP contribution in [0.4, 0.5) is 0 Å². The summed E-state index contributed by atoms with van der Waals surface area (Å²) in [5.41, 5.74) is 9.04. The first-order chi connectivity index (χ1) is 11.6. The van der Waals surface area contributed by atoms with Gasteiger partial charge in [-0.25, -0.2) is 9.78 Å². The van der Waals surface area contributed by atoms with Crippen LogP contribution in [-0.4, -0.2) is 22.5 Å². The summed E-state index contributed by atoms with van der Waals surface area (Å²) in [6, 6.07) is 7.90. The Morgan fingerprint density at radius 2 is 2.17 bits per heavy atom. The number of aryl methyl sites for hydroxylation is 1. The second kappa shape index (κ2) is 7.15. The van der Waals surface area contributed by atoms with Crippen LogP contribution < -0.4 is 5.73 Å². The van der Waals surface area contributed by atoms with Crippen LogP contribution in [0, 0.1) is 0 Å². The molecule has 0 fully saturated rings. The summed E-state index contributed by atoms with van der Waals surface area (Å²) in [4.78, 5) is 20.7. The molecule has 0 aliphatic heterocycles. The van der Waals surface area contributed by atoms with E-state index in [2.05, 4.69) is 16.0 Å². The molecule has 0 aliphatic rings. The molecule has 0 amide bonds. The number of aromatic nitrogens is 2. The largest absolute Gasteiger partial charge is 0.461 e. The summed E-state index contributed by atoms with van der Waals surface area (Å²) in [5, 5.41) is 1.95.